The number of carbonyl (C=O) groups is 2. The molecule has 0 heterocycles. The quantitative estimate of drug-likeness (QED) is 0.689. The van der Waals surface area contributed by atoms with Crippen molar-refractivity contribution in [1.82, 2.24) is 5.32 Å². The second-order valence-corrected chi connectivity index (χ2v) is 6.03. The minimum atomic E-state index is -1.01. The zero-order valence-electron chi connectivity index (χ0n) is 12.1. The largest absolute Gasteiger partial charge is 0.480 e. The number of aliphatic carboxylic acids is 1. The van der Waals surface area contributed by atoms with Crippen LogP contribution in [-0.4, -0.2) is 28.3 Å². The highest BCUT2D eigenvalue weighted by molar-refractivity contribution is 7.99. The van der Waals surface area contributed by atoms with E-state index in [1.165, 1.54) is 11.8 Å². The first kappa shape index (κ1) is 17.3. The van der Waals surface area contributed by atoms with Crippen LogP contribution in [0.3, 0.4) is 0 Å². The first-order valence-electron chi connectivity index (χ1n) is 6.84. The van der Waals surface area contributed by atoms with Crippen molar-refractivity contribution in [2.24, 2.45) is 0 Å². The number of benzene rings is 1. The fourth-order valence-electron chi connectivity index (χ4n) is 1.70. The van der Waals surface area contributed by atoms with Crippen LogP contribution in [0.1, 0.15) is 25.3 Å². The maximum absolute atomic E-state index is 12.0. The fraction of sp³-hybridized carbons (Fsp3) is 0.375. The molecule has 5 heteroatoms. The lowest BCUT2D eigenvalue weighted by atomic mass is 10.1. The van der Waals surface area contributed by atoms with Gasteiger partial charge in [0.25, 0.3) is 0 Å². The minimum absolute atomic E-state index is 0.243. The average Bonchev–Trinajstić information content (AvgIpc) is 2.49. The maximum atomic E-state index is 12.0. The molecule has 21 heavy (non-hydrogen) atoms. The van der Waals surface area contributed by atoms with Gasteiger partial charge in [-0.15, -0.1) is 18.3 Å². The molecule has 0 radical (unpaired) electrons. The minimum Gasteiger partial charge on any atom is -0.480 e. The molecule has 4 nitrogen and oxygen atoms in total. The number of nitrogens with one attached hydrogen (secondary N) is 1. The zero-order chi connectivity index (χ0) is 15.7. The number of rotatable bonds is 9. The van der Waals surface area contributed by atoms with Gasteiger partial charge < -0.3 is 10.4 Å². The lowest BCUT2D eigenvalue weighted by molar-refractivity contribution is -0.141. The SMILES string of the molecule is C=CCCC(NC(=O)C(C)SCc1ccccc1)C(=O)O. The Morgan fingerprint density at radius 3 is 2.62 bits per heavy atom. The van der Waals surface area contributed by atoms with Gasteiger partial charge >= 0.3 is 5.97 Å². The summed E-state index contributed by atoms with van der Waals surface area (Å²) < 4.78 is 0. The third-order valence-electron chi connectivity index (χ3n) is 2.99. The summed E-state index contributed by atoms with van der Waals surface area (Å²) >= 11 is 1.49. The van der Waals surface area contributed by atoms with E-state index in [1.54, 1.807) is 13.0 Å². The summed E-state index contributed by atoms with van der Waals surface area (Å²) in [6.45, 7) is 5.35. The van der Waals surface area contributed by atoms with Gasteiger partial charge in [-0.25, -0.2) is 4.79 Å². The Balaban J connectivity index is 2.45. The highest BCUT2D eigenvalue weighted by Crippen LogP contribution is 2.17. The highest BCUT2D eigenvalue weighted by atomic mass is 32.2. The number of hydrogen-bond acceptors (Lipinski definition) is 3. The summed E-state index contributed by atoms with van der Waals surface area (Å²) in [6.07, 6.45) is 2.57. The molecule has 0 spiro atoms. The maximum Gasteiger partial charge on any atom is 0.326 e. The predicted octanol–water partition coefficient (Wildman–Crippen LogP) is 2.84. The monoisotopic (exact) mass is 307 g/mol. The van der Waals surface area contributed by atoms with Crippen LogP contribution in [0, 0.1) is 0 Å². The normalized spacial score (nSPS) is 13.2. The zero-order valence-corrected chi connectivity index (χ0v) is 12.9. The molecule has 0 aromatic heterocycles. The van der Waals surface area contributed by atoms with Crippen LogP contribution in [0.25, 0.3) is 0 Å². The summed E-state index contributed by atoms with van der Waals surface area (Å²) in [5.41, 5.74) is 1.14. The smallest absolute Gasteiger partial charge is 0.326 e. The molecule has 2 atom stereocenters. The second kappa shape index (κ2) is 9.23. The Labute approximate surface area is 129 Å². The van der Waals surface area contributed by atoms with Crippen molar-refractivity contribution in [3.8, 4) is 0 Å². The van der Waals surface area contributed by atoms with Crippen LogP contribution >= 0.6 is 11.8 Å². The third-order valence-corrected chi connectivity index (χ3v) is 4.20. The number of carboxylic acid groups (broad SMARTS) is 1. The van der Waals surface area contributed by atoms with Gasteiger partial charge in [0.15, 0.2) is 0 Å². The first-order valence-corrected chi connectivity index (χ1v) is 7.89. The Morgan fingerprint density at radius 2 is 2.05 bits per heavy atom. The average molecular weight is 307 g/mol. The van der Waals surface area contributed by atoms with E-state index < -0.39 is 12.0 Å². The van der Waals surface area contributed by atoms with E-state index in [2.05, 4.69) is 11.9 Å². The molecular weight excluding hydrogens is 286 g/mol. The van der Waals surface area contributed by atoms with Gasteiger partial charge in [0.1, 0.15) is 6.04 Å². The van der Waals surface area contributed by atoms with Crippen LogP contribution in [0.2, 0.25) is 0 Å². The number of carbonyl (C=O) groups excluding carboxylic acids is 1. The summed E-state index contributed by atoms with van der Waals surface area (Å²) in [5, 5.41) is 11.4. The molecule has 114 valence electrons. The molecule has 0 saturated carbocycles. The van der Waals surface area contributed by atoms with Crippen LogP contribution in [0.5, 0.6) is 0 Å². The number of amides is 1. The van der Waals surface area contributed by atoms with E-state index in [0.717, 1.165) is 11.3 Å². The van der Waals surface area contributed by atoms with E-state index in [-0.39, 0.29) is 11.2 Å². The number of thioether (sulfide) groups is 1. The van der Waals surface area contributed by atoms with Gasteiger partial charge in [-0.3, -0.25) is 4.79 Å². The Kier molecular flexibility index (Phi) is 7.61. The van der Waals surface area contributed by atoms with E-state index in [4.69, 9.17) is 5.11 Å². The molecule has 1 aromatic rings. The molecule has 0 aliphatic carbocycles. The van der Waals surface area contributed by atoms with Crippen molar-refractivity contribution in [3.05, 3.63) is 48.6 Å². The highest BCUT2D eigenvalue weighted by Gasteiger charge is 2.22. The Morgan fingerprint density at radius 1 is 1.38 bits per heavy atom. The third kappa shape index (κ3) is 6.49. The van der Waals surface area contributed by atoms with Gasteiger partial charge in [0.2, 0.25) is 5.91 Å². The number of hydrogen-bond donors (Lipinski definition) is 2. The van der Waals surface area contributed by atoms with Gasteiger partial charge in [-0.05, 0) is 25.3 Å². The van der Waals surface area contributed by atoms with E-state index in [9.17, 15) is 9.59 Å². The molecule has 2 unspecified atom stereocenters. The first-order chi connectivity index (χ1) is 10.0. The van der Waals surface area contributed by atoms with Crippen molar-refractivity contribution >= 4 is 23.6 Å². The molecule has 0 aliphatic heterocycles. The summed E-state index contributed by atoms with van der Waals surface area (Å²) in [5.74, 6) is -0.530. The lowest BCUT2D eigenvalue weighted by Crippen LogP contribution is -2.43. The fourth-order valence-corrected chi connectivity index (χ4v) is 2.56. The van der Waals surface area contributed by atoms with E-state index in [1.807, 2.05) is 30.3 Å². The van der Waals surface area contributed by atoms with Crippen molar-refractivity contribution in [3.63, 3.8) is 0 Å². The van der Waals surface area contributed by atoms with Gasteiger partial charge in [-0.2, -0.15) is 0 Å². The van der Waals surface area contributed by atoms with Crippen LogP contribution < -0.4 is 5.32 Å². The van der Waals surface area contributed by atoms with Crippen molar-refractivity contribution in [2.45, 2.75) is 36.8 Å². The molecule has 2 N–H and O–H groups in total. The lowest BCUT2D eigenvalue weighted by Gasteiger charge is -2.17. The second-order valence-electron chi connectivity index (χ2n) is 4.70. The number of carboxylic acids is 1. The molecular formula is C16H21NO3S. The van der Waals surface area contributed by atoms with Crippen molar-refractivity contribution in [2.75, 3.05) is 0 Å². The summed E-state index contributed by atoms with van der Waals surface area (Å²) in [4.78, 5) is 23.1. The molecule has 0 fully saturated rings. The van der Waals surface area contributed by atoms with E-state index in [0.29, 0.717) is 12.8 Å². The Hall–Kier alpha value is -1.75. The molecule has 1 aromatic carbocycles. The van der Waals surface area contributed by atoms with Crippen molar-refractivity contribution in [1.29, 1.82) is 0 Å². The molecule has 1 rings (SSSR count). The molecule has 0 bridgehead atoms. The molecule has 0 aliphatic rings. The number of allylic oxidation sites excluding steroid dienone is 1. The van der Waals surface area contributed by atoms with Crippen molar-refractivity contribution < 1.29 is 14.7 Å². The Bertz CT molecular complexity index is 476. The topological polar surface area (TPSA) is 66.4 Å². The standard InChI is InChI=1S/C16H21NO3S/c1-3-4-10-14(16(19)20)17-15(18)12(2)21-11-13-8-6-5-7-9-13/h3,5-9,12,14H,1,4,10-11H2,2H3,(H,17,18)(H,19,20). The van der Waals surface area contributed by atoms with E-state index >= 15 is 0 Å². The summed E-state index contributed by atoms with van der Waals surface area (Å²) in [7, 11) is 0. The predicted molar refractivity (Wildman–Crippen MR) is 86.2 cm³/mol. The summed E-state index contributed by atoms with van der Waals surface area (Å²) in [6, 6.07) is 9.01. The van der Waals surface area contributed by atoms with Gasteiger partial charge in [0, 0.05) is 5.75 Å². The van der Waals surface area contributed by atoms with Crippen LogP contribution in [0.15, 0.2) is 43.0 Å². The molecule has 0 saturated heterocycles. The van der Waals surface area contributed by atoms with Gasteiger partial charge in [0.05, 0.1) is 5.25 Å². The van der Waals surface area contributed by atoms with Crippen LogP contribution in [0.4, 0.5) is 0 Å². The molecule has 1 amide bonds. The van der Waals surface area contributed by atoms with Crippen LogP contribution in [-0.2, 0) is 15.3 Å². The van der Waals surface area contributed by atoms with Gasteiger partial charge in [-0.1, -0.05) is 36.4 Å².